The molecule has 2 aromatic carbocycles. The maximum Gasteiger partial charge on any atom is 0.270 e. The van der Waals surface area contributed by atoms with Crippen LogP contribution in [0, 0.1) is 15.9 Å². The number of anilines is 1. The number of carbonyl (C=O) groups is 1. The first-order chi connectivity index (χ1) is 13.4. The van der Waals surface area contributed by atoms with Gasteiger partial charge in [-0.1, -0.05) is 6.07 Å². The van der Waals surface area contributed by atoms with E-state index in [4.69, 9.17) is 0 Å². The van der Waals surface area contributed by atoms with Crippen LogP contribution in [0.5, 0.6) is 0 Å². The molecule has 0 radical (unpaired) electrons. The minimum Gasteiger partial charge on any atom is -0.393 e. The Morgan fingerprint density at radius 2 is 2.11 bits per heavy atom. The normalized spacial score (nSPS) is 19.1. The van der Waals surface area contributed by atoms with Gasteiger partial charge in [-0.25, -0.2) is 9.37 Å². The lowest BCUT2D eigenvalue weighted by molar-refractivity contribution is -0.384. The Morgan fingerprint density at radius 1 is 1.29 bits per heavy atom. The van der Waals surface area contributed by atoms with Crippen molar-refractivity contribution in [3.05, 3.63) is 64.0 Å². The average Bonchev–Trinajstić information content (AvgIpc) is 3.24. The van der Waals surface area contributed by atoms with E-state index in [0.717, 1.165) is 0 Å². The van der Waals surface area contributed by atoms with Crippen LogP contribution in [-0.4, -0.2) is 31.6 Å². The number of imidazole rings is 1. The summed E-state index contributed by atoms with van der Waals surface area (Å²) in [4.78, 5) is 27.4. The fraction of sp³-hybridized carbons (Fsp3) is 0.263. The van der Waals surface area contributed by atoms with Gasteiger partial charge in [-0.15, -0.1) is 0 Å². The van der Waals surface area contributed by atoms with Crippen molar-refractivity contribution in [3.63, 3.8) is 0 Å². The molecule has 0 aliphatic heterocycles. The van der Waals surface area contributed by atoms with Gasteiger partial charge in [0.15, 0.2) is 0 Å². The van der Waals surface area contributed by atoms with E-state index in [0.29, 0.717) is 30.3 Å². The van der Waals surface area contributed by atoms with Crippen molar-refractivity contribution in [1.82, 2.24) is 9.55 Å². The third-order valence-electron chi connectivity index (χ3n) is 4.94. The number of aromatic nitrogens is 2. The van der Waals surface area contributed by atoms with Gasteiger partial charge >= 0.3 is 0 Å². The third kappa shape index (κ3) is 3.31. The van der Waals surface area contributed by atoms with Crippen LogP contribution in [0.25, 0.3) is 11.0 Å². The Balaban J connectivity index is 1.72. The van der Waals surface area contributed by atoms with E-state index >= 15 is 0 Å². The van der Waals surface area contributed by atoms with Crippen molar-refractivity contribution < 1.29 is 19.2 Å². The first-order valence-electron chi connectivity index (χ1n) is 8.84. The van der Waals surface area contributed by atoms with E-state index in [1.54, 1.807) is 10.6 Å². The van der Waals surface area contributed by atoms with Gasteiger partial charge in [-0.2, -0.15) is 0 Å². The van der Waals surface area contributed by atoms with Crippen LogP contribution in [0.4, 0.5) is 16.0 Å². The number of aliphatic hydroxyl groups is 1. The first kappa shape index (κ1) is 18.1. The second-order valence-corrected chi connectivity index (χ2v) is 6.82. The molecule has 1 amide bonds. The largest absolute Gasteiger partial charge is 0.393 e. The predicted octanol–water partition coefficient (Wildman–Crippen LogP) is 3.42. The summed E-state index contributed by atoms with van der Waals surface area (Å²) >= 11 is 0. The van der Waals surface area contributed by atoms with Crippen LogP contribution in [0.3, 0.4) is 0 Å². The maximum atomic E-state index is 13.6. The summed E-state index contributed by atoms with van der Waals surface area (Å²) in [5.74, 6) is -0.782. The standard InChI is InChI=1S/C19H17FN4O4/c20-12-4-7-17-16(9-12)21-19(23(17)13-5-6-15(25)10-13)22-18(26)11-2-1-3-14(8-11)24(27)28/h1-4,7-9,13,15,25H,5-6,10H2,(H,21,22,26)/t13?,15-/m1/s1. The van der Waals surface area contributed by atoms with E-state index in [1.807, 2.05) is 0 Å². The average molecular weight is 384 g/mol. The molecule has 0 bridgehead atoms. The number of fused-ring (bicyclic) bond motifs is 1. The monoisotopic (exact) mass is 384 g/mol. The van der Waals surface area contributed by atoms with Crippen molar-refractivity contribution in [2.24, 2.45) is 0 Å². The maximum absolute atomic E-state index is 13.6. The highest BCUT2D eigenvalue weighted by Crippen LogP contribution is 2.36. The summed E-state index contributed by atoms with van der Waals surface area (Å²) < 4.78 is 15.4. The first-order valence-corrected chi connectivity index (χ1v) is 8.84. The lowest BCUT2D eigenvalue weighted by atomic mass is 10.2. The molecule has 1 fully saturated rings. The number of halogens is 1. The SMILES string of the molecule is O=C(Nc1nc2cc(F)ccc2n1C1CC[C@@H](O)C1)c1cccc([N+](=O)[O-])c1. The number of nitro benzene ring substituents is 1. The van der Waals surface area contributed by atoms with Crippen LogP contribution in [0.2, 0.25) is 0 Å². The molecule has 2 N–H and O–H groups in total. The van der Waals surface area contributed by atoms with Crippen LogP contribution in [0.1, 0.15) is 35.7 Å². The molecule has 1 unspecified atom stereocenters. The summed E-state index contributed by atoms with van der Waals surface area (Å²) in [7, 11) is 0. The molecule has 4 rings (SSSR count). The molecule has 144 valence electrons. The zero-order valence-corrected chi connectivity index (χ0v) is 14.7. The highest BCUT2D eigenvalue weighted by atomic mass is 19.1. The number of non-ortho nitro benzene ring substituents is 1. The molecule has 0 saturated heterocycles. The number of rotatable bonds is 4. The molecule has 1 aliphatic rings. The second kappa shape index (κ2) is 7.01. The van der Waals surface area contributed by atoms with Crippen LogP contribution >= 0.6 is 0 Å². The molecule has 1 saturated carbocycles. The minimum absolute atomic E-state index is 0.0918. The van der Waals surface area contributed by atoms with E-state index in [-0.39, 0.29) is 23.2 Å². The highest BCUT2D eigenvalue weighted by molar-refractivity contribution is 6.04. The Bertz CT molecular complexity index is 1080. The van der Waals surface area contributed by atoms with Crippen molar-refractivity contribution in [2.75, 3.05) is 5.32 Å². The molecule has 1 aromatic heterocycles. The molecule has 1 aliphatic carbocycles. The molecular weight excluding hydrogens is 367 g/mol. The van der Waals surface area contributed by atoms with E-state index in [9.17, 15) is 24.4 Å². The Hall–Kier alpha value is -3.33. The van der Waals surface area contributed by atoms with Crippen LogP contribution in [-0.2, 0) is 0 Å². The minimum atomic E-state index is -0.575. The van der Waals surface area contributed by atoms with E-state index in [1.165, 1.54) is 36.4 Å². The highest BCUT2D eigenvalue weighted by Gasteiger charge is 2.28. The number of nitro groups is 1. The number of hydrogen-bond donors (Lipinski definition) is 2. The molecule has 3 aromatic rings. The summed E-state index contributed by atoms with van der Waals surface area (Å²) in [6.45, 7) is 0. The Kier molecular flexibility index (Phi) is 4.52. The second-order valence-electron chi connectivity index (χ2n) is 6.82. The number of nitrogens with zero attached hydrogens (tertiary/aromatic N) is 3. The number of benzene rings is 2. The fourth-order valence-corrected chi connectivity index (χ4v) is 3.63. The summed E-state index contributed by atoms with van der Waals surface area (Å²) in [6.07, 6.45) is 1.39. The zero-order valence-electron chi connectivity index (χ0n) is 14.7. The Morgan fingerprint density at radius 3 is 2.82 bits per heavy atom. The van der Waals surface area contributed by atoms with E-state index in [2.05, 4.69) is 10.3 Å². The van der Waals surface area contributed by atoms with Gasteiger partial charge in [0.1, 0.15) is 5.82 Å². The molecule has 0 spiro atoms. The quantitative estimate of drug-likeness (QED) is 0.529. The van der Waals surface area contributed by atoms with Crippen molar-refractivity contribution in [3.8, 4) is 0 Å². The lowest BCUT2D eigenvalue weighted by Crippen LogP contribution is -2.18. The van der Waals surface area contributed by atoms with Gasteiger partial charge in [-0.05, 0) is 37.5 Å². The zero-order chi connectivity index (χ0) is 19.8. The number of nitrogens with one attached hydrogen (secondary N) is 1. The van der Waals surface area contributed by atoms with E-state index < -0.39 is 22.8 Å². The topological polar surface area (TPSA) is 110 Å². The van der Waals surface area contributed by atoms with Gasteiger partial charge in [0.05, 0.1) is 22.1 Å². The van der Waals surface area contributed by atoms with Gasteiger partial charge < -0.3 is 9.67 Å². The molecule has 2 atom stereocenters. The van der Waals surface area contributed by atoms with Crippen molar-refractivity contribution in [1.29, 1.82) is 0 Å². The third-order valence-corrected chi connectivity index (χ3v) is 4.94. The lowest BCUT2D eigenvalue weighted by Gasteiger charge is -2.16. The van der Waals surface area contributed by atoms with Crippen molar-refractivity contribution >= 4 is 28.6 Å². The molecular formula is C19H17FN4O4. The number of hydrogen-bond acceptors (Lipinski definition) is 5. The molecule has 9 heteroatoms. The van der Waals surface area contributed by atoms with Crippen LogP contribution in [0.15, 0.2) is 42.5 Å². The van der Waals surface area contributed by atoms with Gasteiger partial charge in [0.2, 0.25) is 5.95 Å². The predicted molar refractivity (Wildman–Crippen MR) is 99.6 cm³/mol. The summed E-state index contributed by atoms with van der Waals surface area (Å²) in [6, 6.07) is 9.47. The van der Waals surface area contributed by atoms with Crippen molar-refractivity contribution in [2.45, 2.75) is 31.4 Å². The summed E-state index contributed by atoms with van der Waals surface area (Å²) in [5, 5.41) is 23.5. The molecule has 28 heavy (non-hydrogen) atoms. The molecule has 8 nitrogen and oxygen atoms in total. The van der Waals surface area contributed by atoms with Crippen LogP contribution < -0.4 is 5.32 Å². The molecule has 1 heterocycles. The number of amides is 1. The smallest absolute Gasteiger partial charge is 0.270 e. The Labute approximate surface area is 158 Å². The van der Waals surface area contributed by atoms with Gasteiger partial charge in [0.25, 0.3) is 11.6 Å². The van der Waals surface area contributed by atoms with Gasteiger partial charge in [-0.3, -0.25) is 20.2 Å². The summed E-state index contributed by atoms with van der Waals surface area (Å²) in [5.41, 5.74) is 0.957. The number of aliphatic hydroxyl groups excluding tert-OH is 1. The fourth-order valence-electron chi connectivity index (χ4n) is 3.63. The van der Waals surface area contributed by atoms with Gasteiger partial charge in [0, 0.05) is 29.8 Å². The number of carbonyl (C=O) groups excluding carboxylic acids is 1.